The van der Waals surface area contributed by atoms with Crippen molar-refractivity contribution in [3.8, 4) is 5.75 Å². The molecule has 4 nitrogen and oxygen atoms in total. The van der Waals surface area contributed by atoms with Gasteiger partial charge in [-0.25, -0.2) is 0 Å². The van der Waals surface area contributed by atoms with Crippen LogP contribution in [0.2, 0.25) is 0 Å². The molecule has 0 saturated carbocycles. The minimum absolute atomic E-state index is 0.0859. The monoisotopic (exact) mass is 318 g/mol. The largest absolute Gasteiger partial charge is 0.494 e. The Morgan fingerprint density at radius 3 is 2.70 bits per heavy atom. The van der Waals surface area contributed by atoms with Crippen LogP contribution in [0.5, 0.6) is 5.75 Å². The molecule has 1 aliphatic heterocycles. The number of unbranched alkanes of at least 4 members (excludes halogenated alkanes) is 4. The van der Waals surface area contributed by atoms with Gasteiger partial charge in [-0.15, -0.1) is 0 Å². The molecule has 0 aromatic heterocycles. The quantitative estimate of drug-likeness (QED) is 0.677. The molecule has 128 valence electrons. The van der Waals surface area contributed by atoms with Crippen molar-refractivity contribution >= 4 is 11.6 Å². The summed E-state index contributed by atoms with van der Waals surface area (Å²) in [4.78, 5) is 12.2. The van der Waals surface area contributed by atoms with Gasteiger partial charge in [-0.2, -0.15) is 0 Å². The fraction of sp³-hybridized carbons (Fsp3) is 0.632. The highest BCUT2D eigenvalue weighted by atomic mass is 16.5. The van der Waals surface area contributed by atoms with Gasteiger partial charge < -0.3 is 15.4 Å². The number of anilines is 1. The second-order valence-corrected chi connectivity index (χ2v) is 6.32. The maximum Gasteiger partial charge on any atom is 0.228 e. The van der Waals surface area contributed by atoms with Crippen molar-refractivity contribution in [3.63, 3.8) is 0 Å². The van der Waals surface area contributed by atoms with Crippen LogP contribution >= 0.6 is 0 Å². The third-order valence-electron chi connectivity index (χ3n) is 4.31. The van der Waals surface area contributed by atoms with E-state index in [2.05, 4.69) is 17.6 Å². The zero-order chi connectivity index (χ0) is 16.3. The normalized spacial score (nSPS) is 17.7. The molecule has 1 heterocycles. The lowest BCUT2D eigenvalue weighted by Gasteiger charge is -2.21. The first-order valence-corrected chi connectivity index (χ1v) is 9.04. The first-order valence-electron chi connectivity index (χ1n) is 9.04. The first kappa shape index (κ1) is 17.8. The summed E-state index contributed by atoms with van der Waals surface area (Å²) in [5.41, 5.74) is 0.843. The average Bonchev–Trinajstić information content (AvgIpc) is 2.60. The van der Waals surface area contributed by atoms with Crippen LogP contribution in [-0.4, -0.2) is 25.6 Å². The molecule has 1 fully saturated rings. The first-order chi connectivity index (χ1) is 11.3. The number of ether oxygens (including phenoxy) is 1. The smallest absolute Gasteiger partial charge is 0.228 e. The van der Waals surface area contributed by atoms with Crippen molar-refractivity contribution in [2.24, 2.45) is 5.92 Å². The number of hydrogen-bond acceptors (Lipinski definition) is 3. The molecule has 1 unspecified atom stereocenters. The highest BCUT2D eigenvalue weighted by molar-refractivity contribution is 5.92. The van der Waals surface area contributed by atoms with E-state index < -0.39 is 0 Å². The van der Waals surface area contributed by atoms with Gasteiger partial charge in [0.2, 0.25) is 5.91 Å². The Hall–Kier alpha value is -1.55. The third kappa shape index (κ3) is 6.61. The number of rotatable bonds is 9. The zero-order valence-electron chi connectivity index (χ0n) is 14.3. The number of carbonyl (C=O) groups excluding carboxylic acids is 1. The molecule has 4 heteroatoms. The number of carbonyl (C=O) groups is 1. The van der Waals surface area contributed by atoms with E-state index in [1.165, 1.54) is 25.7 Å². The van der Waals surface area contributed by atoms with E-state index in [4.69, 9.17) is 4.74 Å². The van der Waals surface area contributed by atoms with Crippen LogP contribution < -0.4 is 15.4 Å². The van der Waals surface area contributed by atoms with Crippen LogP contribution in [0.25, 0.3) is 0 Å². The number of benzene rings is 1. The Bertz CT molecular complexity index is 453. The highest BCUT2D eigenvalue weighted by Crippen LogP contribution is 2.18. The lowest BCUT2D eigenvalue weighted by atomic mass is 9.99. The van der Waals surface area contributed by atoms with Gasteiger partial charge in [0.05, 0.1) is 12.5 Å². The molecule has 1 atom stereocenters. The molecular formula is C19H30N2O2. The van der Waals surface area contributed by atoms with E-state index in [9.17, 15) is 4.79 Å². The number of hydrogen-bond donors (Lipinski definition) is 2. The lowest BCUT2D eigenvalue weighted by molar-refractivity contribution is -0.120. The summed E-state index contributed by atoms with van der Waals surface area (Å²) in [6, 6.07) is 7.70. The van der Waals surface area contributed by atoms with Gasteiger partial charge in [0, 0.05) is 12.2 Å². The Labute approximate surface area is 140 Å². The van der Waals surface area contributed by atoms with Crippen molar-refractivity contribution in [1.82, 2.24) is 5.32 Å². The molecule has 2 rings (SSSR count). The summed E-state index contributed by atoms with van der Waals surface area (Å²) in [5.74, 6) is 1.07. The predicted octanol–water partition coefficient (Wildman–Crippen LogP) is 3.97. The summed E-state index contributed by atoms with van der Waals surface area (Å²) in [7, 11) is 0. The Kier molecular flexibility index (Phi) is 7.95. The number of nitrogens with one attached hydrogen (secondary N) is 2. The SMILES string of the molecule is CCCCCCCOc1ccc(NC(=O)C2CCCNC2)cc1. The number of piperidine rings is 1. The van der Waals surface area contributed by atoms with Gasteiger partial charge in [0.15, 0.2) is 0 Å². The lowest BCUT2D eigenvalue weighted by Crippen LogP contribution is -2.37. The fourth-order valence-corrected chi connectivity index (χ4v) is 2.85. The Balaban J connectivity index is 1.68. The maximum atomic E-state index is 12.2. The van der Waals surface area contributed by atoms with E-state index in [0.29, 0.717) is 0 Å². The second-order valence-electron chi connectivity index (χ2n) is 6.32. The minimum Gasteiger partial charge on any atom is -0.494 e. The highest BCUT2D eigenvalue weighted by Gasteiger charge is 2.20. The van der Waals surface area contributed by atoms with Crippen LogP contribution in [0.4, 0.5) is 5.69 Å². The Morgan fingerprint density at radius 2 is 2.00 bits per heavy atom. The minimum atomic E-state index is 0.0859. The summed E-state index contributed by atoms with van der Waals surface area (Å²) < 4.78 is 5.74. The van der Waals surface area contributed by atoms with Gasteiger partial charge in [0.1, 0.15) is 5.75 Å². The number of amides is 1. The van der Waals surface area contributed by atoms with Crippen LogP contribution in [0.15, 0.2) is 24.3 Å². The molecule has 0 bridgehead atoms. The second kappa shape index (κ2) is 10.3. The van der Waals surface area contributed by atoms with Crippen LogP contribution in [0.3, 0.4) is 0 Å². The summed E-state index contributed by atoms with van der Waals surface area (Å²) >= 11 is 0. The average molecular weight is 318 g/mol. The van der Waals surface area contributed by atoms with Crippen LogP contribution in [0.1, 0.15) is 51.9 Å². The predicted molar refractivity (Wildman–Crippen MR) is 94.9 cm³/mol. The van der Waals surface area contributed by atoms with E-state index in [0.717, 1.165) is 50.4 Å². The van der Waals surface area contributed by atoms with Gasteiger partial charge in [-0.05, 0) is 50.1 Å². The topological polar surface area (TPSA) is 50.4 Å². The molecule has 1 aliphatic rings. The zero-order valence-corrected chi connectivity index (χ0v) is 14.3. The molecule has 1 aromatic rings. The molecule has 23 heavy (non-hydrogen) atoms. The van der Waals surface area contributed by atoms with Crippen molar-refractivity contribution in [1.29, 1.82) is 0 Å². The van der Waals surface area contributed by atoms with E-state index in [-0.39, 0.29) is 11.8 Å². The van der Waals surface area contributed by atoms with Gasteiger partial charge in [-0.3, -0.25) is 4.79 Å². The van der Waals surface area contributed by atoms with Crippen molar-refractivity contribution in [3.05, 3.63) is 24.3 Å². The molecule has 2 N–H and O–H groups in total. The van der Waals surface area contributed by atoms with Gasteiger partial charge in [0.25, 0.3) is 0 Å². The van der Waals surface area contributed by atoms with Crippen molar-refractivity contribution in [2.45, 2.75) is 51.9 Å². The van der Waals surface area contributed by atoms with Gasteiger partial charge in [-0.1, -0.05) is 32.6 Å². The molecule has 0 spiro atoms. The van der Waals surface area contributed by atoms with Gasteiger partial charge >= 0.3 is 0 Å². The summed E-state index contributed by atoms with van der Waals surface area (Å²) in [6.45, 7) is 4.80. The summed E-state index contributed by atoms with van der Waals surface area (Å²) in [6.07, 6.45) is 8.25. The molecule has 1 saturated heterocycles. The molecule has 0 radical (unpaired) electrons. The molecule has 1 aromatic carbocycles. The summed E-state index contributed by atoms with van der Waals surface area (Å²) in [5, 5.41) is 6.27. The van der Waals surface area contributed by atoms with Crippen molar-refractivity contribution in [2.75, 3.05) is 25.0 Å². The van der Waals surface area contributed by atoms with Crippen molar-refractivity contribution < 1.29 is 9.53 Å². The molecule has 1 amide bonds. The fourth-order valence-electron chi connectivity index (χ4n) is 2.85. The standard InChI is InChI=1S/C19H30N2O2/c1-2-3-4-5-6-14-23-18-11-9-17(10-12-18)21-19(22)16-8-7-13-20-15-16/h9-12,16,20H,2-8,13-15H2,1H3,(H,21,22). The molecule has 0 aliphatic carbocycles. The Morgan fingerprint density at radius 1 is 1.22 bits per heavy atom. The van der Waals surface area contributed by atoms with Crippen LogP contribution in [0, 0.1) is 5.92 Å². The van der Waals surface area contributed by atoms with E-state index in [1.54, 1.807) is 0 Å². The van der Waals surface area contributed by atoms with E-state index >= 15 is 0 Å². The molecular weight excluding hydrogens is 288 g/mol. The van der Waals surface area contributed by atoms with Crippen LogP contribution in [-0.2, 0) is 4.79 Å². The van der Waals surface area contributed by atoms with E-state index in [1.807, 2.05) is 24.3 Å². The maximum absolute atomic E-state index is 12.2. The third-order valence-corrected chi connectivity index (χ3v) is 4.31.